The minimum Gasteiger partial charge on any atom is -0.493 e. The maximum atomic E-state index is 12.7. The molecule has 0 bridgehead atoms. The lowest BCUT2D eigenvalue weighted by Gasteiger charge is -2.26. The minimum absolute atomic E-state index is 0.137. The van der Waals surface area contributed by atoms with Gasteiger partial charge in [-0.1, -0.05) is 29.3 Å². The van der Waals surface area contributed by atoms with Crippen LogP contribution in [0.4, 0.5) is 5.69 Å². The molecule has 29 heavy (non-hydrogen) atoms. The highest BCUT2D eigenvalue weighted by molar-refractivity contribution is 7.92. The molecule has 0 aliphatic carbocycles. The molecule has 0 saturated heterocycles. The summed E-state index contributed by atoms with van der Waals surface area (Å²) >= 11 is 12.0. The van der Waals surface area contributed by atoms with Crippen molar-refractivity contribution in [3.05, 3.63) is 52.0 Å². The monoisotopic (exact) mass is 460 g/mol. The van der Waals surface area contributed by atoms with Crippen LogP contribution in [0, 0.1) is 0 Å². The fraction of sp³-hybridized carbons (Fsp3) is 0.316. The zero-order valence-electron chi connectivity index (χ0n) is 16.5. The van der Waals surface area contributed by atoms with Crippen molar-refractivity contribution in [1.82, 2.24) is 4.90 Å². The van der Waals surface area contributed by atoms with Gasteiger partial charge in [0.05, 0.1) is 31.2 Å². The molecule has 1 amide bonds. The van der Waals surface area contributed by atoms with Gasteiger partial charge in [0.15, 0.2) is 11.5 Å². The number of hydrogen-bond donors (Lipinski definition) is 0. The summed E-state index contributed by atoms with van der Waals surface area (Å²) in [5.74, 6) is 0.707. The van der Waals surface area contributed by atoms with Crippen LogP contribution in [-0.4, -0.2) is 53.3 Å². The second kappa shape index (κ2) is 9.56. The van der Waals surface area contributed by atoms with Crippen LogP contribution in [0.2, 0.25) is 10.0 Å². The van der Waals surface area contributed by atoms with E-state index in [-0.39, 0.29) is 17.3 Å². The van der Waals surface area contributed by atoms with Crippen molar-refractivity contribution in [2.75, 3.05) is 38.4 Å². The van der Waals surface area contributed by atoms with Crippen LogP contribution in [0.3, 0.4) is 0 Å². The van der Waals surface area contributed by atoms with E-state index in [4.69, 9.17) is 32.7 Å². The summed E-state index contributed by atoms with van der Waals surface area (Å²) in [4.78, 5) is 14.1. The third-order valence-corrected chi connectivity index (χ3v) is 5.82. The first-order chi connectivity index (χ1) is 13.6. The zero-order valence-corrected chi connectivity index (χ0v) is 18.8. The number of amides is 1. The molecule has 0 N–H and O–H groups in total. The summed E-state index contributed by atoms with van der Waals surface area (Å²) in [5.41, 5.74) is 0.986. The number of rotatable bonds is 8. The van der Waals surface area contributed by atoms with Gasteiger partial charge in [0.25, 0.3) is 0 Å². The number of halogens is 2. The van der Waals surface area contributed by atoms with Crippen molar-refractivity contribution in [3.63, 3.8) is 0 Å². The van der Waals surface area contributed by atoms with E-state index < -0.39 is 22.5 Å². The number of methoxy groups -OCH3 is 2. The Bertz CT molecular complexity index is 998. The fourth-order valence-electron chi connectivity index (χ4n) is 2.65. The molecule has 0 fully saturated rings. The molecule has 0 spiro atoms. The molecule has 2 aromatic rings. The van der Waals surface area contributed by atoms with Crippen LogP contribution >= 0.6 is 23.2 Å². The van der Waals surface area contributed by atoms with E-state index in [9.17, 15) is 13.2 Å². The lowest BCUT2D eigenvalue weighted by molar-refractivity contribution is -0.128. The van der Waals surface area contributed by atoms with Gasteiger partial charge in [-0.2, -0.15) is 0 Å². The molecular formula is C19H22Cl2N2O5S. The Hall–Kier alpha value is -2.16. The molecule has 0 aliphatic rings. The van der Waals surface area contributed by atoms with Gasteiger partial charge < -0.3 is 14.4 Å². The number of benzene rings is 2. The van der Waals surface area contributed by atoms with Crippen LogP contribution in [0.5, 0.6) is 11.5 Å². The van der Waals surface area contributed by atoms with E-state index in [2.05, 4.69) is 0 Å². The largest absolute Gasteiger partial charge is 0.493 e. The van der Waals surface area contributed by atoms with Gasteiger partial charge >= 0.3 is 0 Å². The van der Waals surface area contributed by atoms with Crippen LogP contribution in [0.1, 0.15) is 5.56 Å². The normalized spacial score (nSPS) is 11.1. The lowest BCUT2D eigenvalue weighted by atomic mass is 10.2. The van der Waals surface area contributed by atoms with E-state index in [1.54, 1.807) is 25.2 Å². The highest BCUT2D eigenvalue weighted by atomic mass is 35.5. The van der Waals surface area contributed by atoms with Crippen molar-refractivity contribution >= 4 is 44.8 Å². The Balaban J connectivity index is 2.21. The van der Waals surface area contributed by atoms with E-state index in [0.29, 0.717) is 16.5 Å². The predicted molar refractivity (Wildman–Crippen MR) is 115 cm³/mol. The Morgan fingerprint density at radius 2 is 1.69 bits per heavy atom. The van der Waals surface area contributed by atoms with Gasteiger partial charge in [-0.3, -0.25) is 9.10 Å². The zero-order chi connectivity index (χ0) is 21.8. The summed E-state index contributed by atoms with van der Waals surface area (Å²) in [6.07, 6.45) is 1.01. The van der Waals surface area contributed by atoms with Crippen molar-refractivity contribution in [2.45, 2.75) is 6.54 Å². The van der Waals surface area contributed by atoms with Crippen LogP contribution in [0.25, 0.3) is 0 Å². The van der Waals surface area contributed by atoms with Gasteiger partial charge in [0.1, 0.15) is 6.54 Å². The molecule has 2 aromatic carbocycles. The Morgan fingerprint density at radius 1 is 1.03 bits per heavy atom. The molecule has 0 radical (unpaired) electrons. The summed E-state index contributed by atoms with van der Waals surface area (Å²) < 4.78 is 36.0. The van der Waals surface area contributed by atoms with E-state index in [1.807, 2.05) is 0 Å². The van der Waals surface area contributed by atoms with Crippen LogP contribution in [0.15, 0.2) is 36.4 Å². The van der Waals surface area contributed by atoms with Crippen LogP contribution in [-0.2, 0) is 21.4 Å². The first kappa shape index (κ1) is 23.1. The van der Waals surface area contributed by atoms with E-state index in [0.717, 1.165) is 16.1 Å². The Kier molecular flexibility index (Phi) is 7.62. The summed E-state index contributed by atoms with van der Waals surface area (Å²) in [7, 11) is 0.894. The molecule has 7 nitrogen and oxygen atoms in total. The Labute approximate surface area is 180 Å². The first-order valence-corrected chi connectivity index (χ1v) is 11.0. The highest BCUT2D eigenvalue weighted by Gasteiger charge is 2.25. The summed E-state index contributed by atoms with van der Waals surface area (Å²) in [6, 6.07) is 9.70. The highest BCUT2D eigenvalue weighted by Crippen LogP contribution is 2.31. The topological polar surface area (TPSA) is 76.2 Å². The maximum Gasteiger partial charge on any atom is 0.243 e. The second-order valence-electron chi connectivity index (χ2n) is 6.30. The maximum absolute atomic E-state index is 12.7. The van der Waals surface area contributed by atoms with Crippen molar-refractivity contribution in [1.29, 1.82) is 0 Å². The predicted octanol–water partition coefficient (Wildman–Crippen LogP) is 3.44. The van der Waals surface area contributed by atoms with Crippen LogP contribution < -0.4 is 13.8 Å². The van der Waals surface area contributed by atoms with Gasteiger partial charge in [0.2, 0.25) is 15.9 Å². The summed E-state index contributed by atoms with van der Waals surface area (Å²) in [6.45, 7) is -0.144. The number of likely N-dealkylation sites (N-methyl/N-ethyl adjacent to an activating group) is 1. The SMILES string of the molecule is COc1ccc(CN(C)C(=O)CN(c2ccc(Cl)cc2Cl)S(C)(=O)=O)cc1OC. The summed E-state index contributed by atoms with van der Waals surface area (Å²) in [5, 5.41) is 0.502. The average molecular weight is 461 g/mol. The molecule has 0 aromatic heterocycles. The number of carbonyl (C=O) groups excluding carboxylic acids is 1. The third kappa shape index (κ3) is 5.91. The Morgan fingerprint density at radius 3 is 2.24 bits per heavy atom. The number of anilines is 1. The average Bonchev–Trinajstić information content (AvgIpc) is 2.65. The molecule has 0 unspecified atom stereocenters. The molecule has 158 valence electrons. The van der Waals surface area contributed by atoms with Gasteiger partial charge in [-0.25, -0.2) is 8.42 Å². The molecular weight excluding hydrogens is 439 g/mol. The second-order valence-corrected chi connectivity index (χ2v) is 9.05. The molecule has 2 rings (SSSR count). The molecule has 0 heterocycles. The molecule has 0 aliphatic heterocycles. The fourth-order valence-corrected chi connectivity index (χ4v) is 4.07. The quantitative estimate of drug-likeness (QED) is 0.602. The van der Waals surface area contributed by atoms with Gasteiger partial charge in [-0.05, 0) is 35.9 Å². The number of ether oxygens (including phenoxy) is 2. The third-order valence-electron chi connectivity index (χ3n) is 4.15. The number of hydrogen-bond acceptors (Lipinski definition) is 5. The number of nitrogens with zero attached hydrogens (tertiary/aromatic N) is 2. The molecule has 10 heteroatoms. The molecule has 0 atom stereocenters. The lowest BCUT2D eigenvalue weighted by Crippen LogP contribution is -2.41. The smallest absolute Gasteiger partial charge is 0.243 e. The number of sulfonamides is 1. The minimum atomic E-state index is -3.75. The van der Waals surface area contributed by atoms with Gasteiger partial charge in [0, 0.05) is 18.6 Å². The van der Waals surface area contributed by atoms with E-state index in [1.165, 1.54) is 37.3 Å². The van der Waals surface area contributed by atoms with Crippen molar-refractivity contribution in [3.8, 4) is 11.5 Å². The standard InChI is InChI=1S/C19H22Cl2N2O5S/c1-22(11-13-5-8-17(27-2)18(9-13)28-3)19(24)12-23(29(4,25)26)16-7-6-14(20)10-15(16)21/h5-10H,11-12H2,1-4H3. The number of carbonyl (C=O) groups is 1. The van der Waals surface area contributed by atoms with Gasteiger partial charge in [-0.15, -0.1) is 0 Å². The van der Waals surface area contributed by atoms with Crippen molar-refractivity contribution in [2.24, 2.45) is 0 Å². The van der Waals surface area contributed by atoms with Crippen molar-refractivity contribution < 1.29 is 22.7 Å². The van der Waals surface area contributed by atoms with E-state index >= 15 is 0 Å². The molecule has 0 saturated carbocycles. The first-order valence-electron chi connectivity index (χ1n) is 8.44.